The summed E-state index contributed by atoms with van der Waals surface area (Å²) >= 11 is 0. The molecular formula is C24H30N4O4. The van der Waals surface area contributed by atoms with E-state index in [0.29, 0.717) is 36.3 Å². The Bertz CT molecular complexity index is 1120. The maximum Gasteiger partial charge on any atom is 0.419 e. The van der Waals surface area contributed by atoms with Crippen LogP contribution in [0.25, 0.3) is 11.1 Å². The second-order valence-corrected chi connectivity index (χ2v) is 8.07. The van der Waals surface area contributed by atoms with Crippen molar-refractivity contribution in [2.75, 3.05) is 26.0 Å². The molecule has 8 heteroatoms. The van der Waals surface area contributed by atoms with Gasteiger partial charge in [-0.3, -0.25) is 14.2 Å². The number of nitrogens with one attached hydrogen (secondary N) is 2. The van der Waals surface area contributed by atoms with Crippen LogP contribution in [0, 0.1) is 0 Å². The molecule has 0 saturated heterocycles. The molecule has 2 aromatic carbocycles. The number of amides is 2. The predicted octanol–water partition coefficient (Wildman–Crippen LogP) is 2.62. The molecule has 2 N–H and O–H groups in total. The van der Waals surface area contributed by atoms with Crippen molar-refractivity contribution in [1.29, 1.82) is 0 Å². The molecule has 3 aromatic rings. The van der Waals surface area contributed by atoms with Gasteiger partial charge in [0.05, 0.1) is 11.9 Å². The molecule has 32 heavy (non-hydrogen) atoms. The van der Waals surface area contributed by atoms with E-state index >= 15 is 0 Å². The van der Waals surface area contributed by atoms with Gasteiger partial charge in [-0.15, -0.1) is 0 Å². The fourth-order valence-electron chi connectivity index (χ4n) is 3.47. The molecule has 1 aromatic heterocycles. The predicted molar refractivity (Wildman–Crippen MR) is 125 cm³/mol. The van der Waals surface area contributed by atoms with E-state index in [2.05, 4.69) is 10.6 Å². The first-order valence-corrected chi connectivity index (χ1v) is 10.8. The summed E-state index contributed by atoms with van der Waals surface area (Å²) in [5.41, 5.74) is 2.52. The first kappa shape index (κ1) is 23.3. The van der Waals surface area contributed by atoms with Crippen molar-refractivity contribution < 1.29 is 14.0 Å². The Morgan fingerprint density at radius 1 is 1.12 bits per heavy atom. The lowest BCUT2D eigenvalue weighted by Gasteiger charge is -2.18. The third-order valence-corrected chi connectivity index (χ3v) is 5.14. The molecule has 2 amide bonds. The second kappa shape index (κ2) is 10.8. The lowest BCUT2D eigenvalue weighted by molar-refractivity contribution is -0.126. The molecule has 1 unspecified atom stereocenters. The molecule has 3 rings (SSSR count). The van der Waals surface area contributed by atoms with Crippen molar-refractivity contribution in [1.82, 2.24) is 14.8 Å². The van der Waals surface area contributed by atoms with Gasteiger partial charge in [0.15, 0.2) is 5.58 Å². The number of aromatic nitrogens is 1. The van der Waals surface area contributed by atoms with Gasteiger partial charge in [0.25, 0.3) is 0 Å². The van der Waals surface area contributed by atoms with Crippen LogP contribution in [-0.4, -0.2) is 48.0 Å². The van der Waals surface area contributed by atoms with Crippen LogP contribution in [0.15, 0.2) is 57.7 Å². The molecule has 170 valence electrons. The van der Waals surface area contributed by atoms with Crippen LogP contribution in [0.1, 0.15) is 25.3 Å². The monoisotopic (exact) mass is 438 g/mol. The number of hydrogen-bond donors (Lipinski definition) is 2. The molecular weight excluding hydrogens is 408 g/mol. The number of benzene rings is 2. The molecule has 1 heterocycles. The lowest BCUT2D eigenvalue weighted by atomic mass is 10.1. The second-order valence-electron chi connectivity index (χ2n) is 8.07. The van der Waals surface area contributed by atoms with E-state index in [1.165, 1.54) is 0 Å². The van der Waals surface area contributed by atoms with E-state index in [1.807, 2.05) is 56.3 Å². The highest BCUT2D eigenvalue weighted by atomic mass is 16.4. The Morgan fingerprint density at radius 2 is 1.88 bits per heavy atom. The van der Waals surface area contributed by atoms with Crippen LogP contribution < -0.4 is 16.4 Å². The topological polar surface area (TPSA) is 96.6 Å². The Labute approximate surface area is 187 Å². The normalized spacial score (nSPS) is 12.1. The number of anilines is 1. The number of nitrogens with zero attached hydrogens (tertiary/aromatic N) is 2. The van der Waals surface area contributed by atoms with Crippen LogP contribution in [0.3, 0.4) is 0 Å². The summed E-state index contributed by atoms with van der Waals surface area (Å²) in [6, 6.07) is 13.8. The minimum atomic E-state index is -0.646. The van der Waals surface area contributed by atoms with Crippen LogP contribution in [-0.2, 0) is 22.6 Å². The molecule has 0 fully saturated rings. The van der Waals surface area contributed by atoms with Gasteiger partial charge < -0.3 is 20.0 Å². The summed E-state index contributed by atoms with van der Waals surface area (Å²) < 4.78 is 6.86. The summed E-state index contributed by atoms with van der Waals surface area (Å²) in [4.78, 5) is 39.5. The molecule has 0 aliphatic carbocycles. The molecule has 8 nitrogen and oxygen atoms in total. The molecule has 0 spiro atoms. The van der Waals surface area contributed by atoms with E-state index in [9.17, 15) is 14.4 Å². The highest BCUT2D eigenvalue weighted by Gasteiger charge is 2.21. The van der Waals surface area contributed by atoms with Crippen LogP contribution in [0.5, 0.6) is 0 Å². The van der Waals surface area contributed by atoms with Crippen molar-refractivity contribution in [3.63, 3.8) is 0 Å². The van der Waals surface area contributed by atoms with E-state index < -0.39 is 11.8 Å². The quantitative estimate of drug-likeness (QED) is 0.507. The summed E-state index contributed by atoms with van der Waals surface area (Å²) in [6.07, 6.45) is 1.48. The molecule has 0 aliphatic rings. The molecule has 0 aliphatic heterocycles. The standard InChI is InChI=1S/C24H30N4O4/c1-4-8-19(26-22(29)15-17-9-6-5-7-10-17)23(30)25-18-11-12-21-20(16-18)28(24(31)32-21)14-13-27(2)3/h5-7,9-12,16,19H,4,8,13-15H2,1-3H3,(H,25,30)(H,26,29). The smallest absolute Gasteiger partial charge is 0.408 e. The summed E-state index contributed by atoms with van der Waals surface area (Å²) in [7, 11) is 3.86. The highest BCUT2D eigenvalue weighted by Crippen LogP contribution is 2.19. The fraction of sp³-hybridized carbons (Fsp3) is 0.375. The zero-order chi connectivity index (χ0) is 23.1. The zero-order valence-corrected chi connectivity index (χ0v) is 18.8. The van der Waals surface area contributed by atoms with Gasteiger partial charge in [-0.25, -0.2) is 4.79 Å². The third kappa shape index (κ3) is 6.07. The summed E-state index contributed by atoms with van der Waals surface area (Å²) in [5, 5.41) is 5.71. The van der Waals surface area contributed by atoms with Crippen molar-refractivity contribution in [3.05, 3.63) is 64.6 Å². The molecule has 0 saturated carbocycles. The van der Waals surface area contributed by atoms with E-state index in [-0.39, 0.29) is 18.2 Å². The number of fused-ring (bicyclic) bond motifs is 1. The van der Waals surface area contributed by atoms with Crippen LogP contribution in [0.4, 0.5) is 5.69 Å². The number of rotatable bonds is 10. The zero-order valence-electron chi connectivity index (χ0n) is 18.8. The number of likely N-dealkylation sites (N-methyl/N-ethyl adjacent to an activating group) is 1. The van der Waals surface area contributed by atoms with Gasteiger partial charge in [0.2, 0.25) is 11.8 Å². The fourth-order valence-corrected chi connectivity index (χ4v) is 3.47. The minimum Gasteiger partial charge on any atom is -0.408 e. The highest BCUT2D eigenvalue weighted by molar-refractivity contribution is 5.98. The van der Waals surface area contributed by atoms with Gasteiger partial charge in [-0.05, 0) is 44.3 Å². The maximum absolute atomic E-state index is 12.9. The first-order valence-electron chi connectivity index (χ1n) is 10.8. The van der Waals surface area contributed by atoms with Gasteiger partial charge in [-0.1, -0.05) is 43.7 Å². The van der Waals surface area contributed by atoms with Crippen molar-refractivity contribution in [2.45, 2.75) is 38.8 Å². The van der Waals surface area contributed by atoms with Gasteiger partial charge in [0.1, 0.15) is 6.04 Å². The number of carbonyl (C=O) groups excluding carboxylic acids is 2. The first-order chi connectivity index (χ1) is 15.4. The van der Waals surface area contributed by atoms with Crippen molar-refractivity contribution >= 4 is 28.6 Å². The Hall–Kier alpha value is -3.39. The molecule has 0 bridgehead atoms. The van der Waals surface area contributed by atoms with Crippen molar-refractivity contribution in [2.24, 2.45) is 0 Å². The van der Waals surface area contributed by atoms with Gasteiger partial charge in [-0.2, -0.15) is 0 Å². The number of carbonyl (C=O) groups is 2. The van der Waals surface area contributed by atoms with E-state index in [4.69, 9.17) is 4.42 Å². The van der Waals surface area contributed by atoms with E-state index in [0.717, 1.165) is 12.0 Å². The minimum absolute atomic E-state index is 0.201. The number of oxazole rings is 1. The third-order valence-electron chi connectivity index (χ3n) is 5.14. The average molecular weight is 439 g/mol. The average Bonchev–Trinajstić information content (AvgIpc) is 3.06. The van der Waals surface area contributed by atoms with Crippen LogP contribution in [0.2, 0.25) is 0 Å². The van der Waals surface area contributed by atoms with Gasteiger partial charge in [0, 0.05) is 18.8 Å². The number of hydrogen-bond acceptors (Lipinski definition) is 5. The summed E-state index contributed by atoms with van der Waals surface area (Å²) in [5.74, 6) is -0.923. The lowest BCUT2D eigenvalue weighted by Crippen LogP contribution is -2.44. The maximum atomic E-state index is 12.9. The van der Waals surface area contributed by atoms with E-state index in [1.54, 1.807) is 22.8 Å². The molecule has 0 radical (unpaired) electrons. The Morgan fingerprint density at radius 3 is 2.56 bits per heavy atom. The van der Waals surface area contributed by atoms with Gasteiger partial charge >= 0.3 is 5.76 Å². The van der Waals surface area contributed by atoms with Crippen molar-refractivity contribution in [3.8, 4) is 0 Å². The Kier molecular flexibility index (Phi) is 7.83. The Balaban J connectivity index is 1.72. The summed E-state index contributed by atoms with van der Waals surface area (Å²) in [6.45, 7) is 3.12. The van der Waals surface area contributed by atoms with Crippen LogP contribution >= 0.6 is 0 Å². The SMILES string of the molecule is CCCC(NC(=O)Cc1ccccc1)C(=O)Nc1ccc2oc(=O)n(CCN(C)C)c2c1. The largest absolute Gasteiger partial charge is 0.419 e. The molecule has 1 atom stereocenters.